The van der Waals surface area contributed by atoms with Gasteiger partial charge < -0.3 is 19.5 Å². The van der Waals surface area contributed by atoms with Gasteiger partial charge in [0, 0.05) is 32.7 Å². The van der Waals surface area contributed by atoms with Crippen molar-refractivity contribution in [3.63, 3.8) is 0 Å². The lowest BCUT2D eigenvalue weighted by Crippen LogP contribution is -2.50. The molecule has 2 aliphatic heterocycles. The van der Waals surface area contributed by atoms with Crippen LogP contribution in [0, 0.1) is 0 Å². The van der Waals surface area contributed by atoms with E-state index in [9.17, 15) is 9.90 Å². The van der Waals surface area contributed by atoms with E-state index in [4.69, 9.17) is 9.47 Å². The molecule has 1 saturated heterocycles. The van der Waals surface area contributed by atoms with Crippen LogP contribution in [0.15, 0.2) is 18.2 Å². The average molecular weight is 320 g/mol. The summed E-state index contributed by atoms with van der Waals surface area (Å²) in [7, 11) is 0. The van der Waals surface area contributed by atoms with Crippen molar-refractivity contribution in [3.05, 3.63) is 23.8 Å². The largest absolute Gasteiger partial charge is 0.486 e. The average Bonchev–Trinajstić information content (AvgIpc) is 2.55. The molecule has 1 N–H and O–H groups in total. The molecule has 23 heavy (non-hydrogen) atoms. The van der Waals surface area contributed by atoms with Crippen LogP contribution in [0.25, 0.3) is 0 Å². The molecular formula is C17H24N2O4. The van der Waals surface area contributed by atoms with Gasteiger partial charge in [-0.2, -0.15) is 0 Å². The second-order valence-electron chi connectivity index (χ2n) is 6.19. The fraction of sp³-hybridized carbons (Fsp3) is 0.588. The number of amides is 1. The lowest BCUT2D eigenvalue weighted by molar-refractivity contribution is -0.132. The van der Waals surface area contributed by atoms with Crippen molar-refractivity contribution in [2.24, 2.45) is 0 Å². The molecule has 2 aliphatic rings. The molecule has 0 saturated carbocycles. The van der Waals surface area contributed by atoms with Gasteiger partial charge >= 0.3 is 0 Å². The first kappa shape index (κ1) is 16.1. The zero-order valence-electron chi connectivity index (χ0n) is 13.5. The predicted molar refractivity (Wildman–Crippen MR) is 85.8 cm³/mol. The highest BCUT2D eigenvalue weighted by Crippen LogP contribution is 2.31. The Morgan fingerprint density at radius 1 is 1.17 bits per heavy atom. The maximum atomic E-state index is 12.5. The van der Waals surface area contributed by atoms with Crippen LogP contribution in [0.2, 0.25) is 0 Å². The summed E-state index contributed by atoms with van der Waals surface area (Å²) in [6.45, 7) is 6.66. The van der Waals surface area contributed by atoms with Crippen LogP contribution >= 0.6 is 0 Å². The molecule has 1 amide bonds. The summed E-state index contributed by atoms with van der Waals surface area (Å²) in [6, 6.07) is 5.70. The van der Waals surface area contributed by atoms with Gasteiger partial charge in [0.2, 0.25) is 5.91 Å². The Labute approximate surface area is 136 Å². The lowest BCUT2D eigenvalue weighted by atomic mass is 10.1. The number of carbonyl (C=O) groups excluding carboxylic acids is 1. The van der Waals surface area contributed by atoms with Crippen LogP contribution in [-0.2, 0) is 11.2 Å². The summed E-state index contributed by atoms with van der Waals surface area (Å²) in [6.07, 6.45) is 0.0579. The molecule has 0 radical (unpaired) electrons. The fourth-order valence-corrected chi connectivity index (χ4v) is 3.04. The molecule has 2 heterocycles. The Bertz CT molecular complexity index is 554. The first-order valence-corrected chi connectivity index (χ1v) is 8.18. The van der Waals surface area contributed by atoms with Crippen molar-refractivity contribution in [2.75, 3.05) is 45.9 Å². The smallest absolute Gasteiger partial charge is 0.227 e. The predicted octanol–water partition coefficient (Wildman–Crippen LogP) is 0.525. The summed E-state index contributed by atoms with van der Waals surface area (Å²) < 4.78 is 11.1. The van der Waals surface area contributed by atoms with Crippen LogP contribution in [0.5, 0.6) is 11.5 Å². The van der Waals surface area contributed by atoms with E-state index in [0.717, 1.165) is 43.2 Å². The van der Waals surface area contributed by atoms with E-state index >= 15 is 0 Å². The first-order valence-electron chi connectivity index (χ1n) is 8.18. The van der Waals surface area contributed by atoms with Crippen molar-refractivity contribution in [1.29, 1.82) is 0 Å². The van der Waals surface area contributed by atoms with Crippen molar-refractivity contribution in [2.45, 2.75) is 19.4 Å². The summed E-state index contributed by atoms with van der Waals surface area (Å²) in [5.74, 6) is 1.61. The van der Waals surface area contributed by atoms with Crippen molar-refractivity contribution >= 4 is 5.91 Å². The van der Waals surface area contributed by atoms with Crippen LogP contribution in [0.4, 0.5) is 0 Å². The highest BCUT2D eigenvalue weighted by atomic mass is 16.6. The van der Waals surface area contributed by atoms with Gasteiger partial charge in [-0.05, 0) is 24.6 Å². The SMILES string of the molecule is CC(O)CN1CCN(C(=O)Cc2ccc3c(c2)OCCO3)CC1. The number of benzene rings is 1. The second-order valence-corrected chi connectivity index (χ2v) is 6.19. The summed E-state index contributed by atoms with van der Waals surface area (Å²) >= 11 is 0. The van der Waals surface area contributed by atoms with Gasteiger partial charge in [0.25, 0.3) is 0 Å². The Balaban J connectivity index is 1.53. The monoisotopic (exact) mass is 320 g/mol. The Hall–Kier alpha value is -1.79. The third-order valence-corrected chi connectivity index (χ3v) is 4.21. The van der Waals surface area contributed by atoms with Gasteiger partial charge in [0.05, 0.1) is 12.5 Å². The lowest BCUT2D eigenvalue weighted by Gasteiger charge is -2.35. The Kier molecular flexibility index (Phi) is 5.03. The van der Waals surface area contributed by atoms with E-state index in [0.29, 0.717) is 26.2 Å². The molecule has 126 valence electrons. The molecule has 3 rings (SSSR count). The zero-order chi connectivity index (χ0) is 16.2. The number of aliphatic hydroxyl groups excluding tert-OH is 1. The van der Waals surface area contributed by atoms with E-state index in [1.54, 1.807) is 6.92 Å². The molecule has 1 fully saturated rings. The highest BCUT2D eigenvalue weighted by Gasteiger charge is 2.22. The Morgan fingerprint density at radius 2 is 1.87 bits per heavy atom. The quantitative estimate of drug-likeness (QED) is 0.877. The van der Waals surface area contributed by atoms with Gasteiger partial charge in [-0.15, -0.1) is 0 Å². The van der Waals surface area contributed by atoms with E-state index < -0.39 is 0 Å². The van der Waals surface area contributed by atoms with Crippen molar-refractivity contribution in [1.82, 2.24) is 9.80 Å². The molecule has 1 unspecified atom stereocenters. The van der Waals surface area contributed by atoms with Crippen LogP contribution in [0.3, 0.4) is 0 Å². The molecule has 1 atom stereocenters. The molecule has 6 heteroatoms. The van der Waals surface area contributed by atoms with Crippen LogP contribution < -0.4 is 9.47 Å². The minimum atomic E-state index is -0.324. The molecule has 0 aromatic heterocycles. The number of nitrogens with zero attached hydrogens (tertiary/aromatic N) is 2. The van der Waals surface area contributed by atoms with E-state index in [1.165, 1.54) is 0 Å². The van der Waals surface area contributed by atoms with Crippen LogP contribution in [-0.4, -0.2) is 72.9 Å². The number of β-amino-alcohol motifs (C(OH)–C–C–N with tert-alkyl or cyclic N) is 1. The van der Waals surface area contributed by atoms with Gasteiger partial charge in [0.1, 0.15) is 13.2 Å². The minimum Gasteiger partial charge on any atom is -0.486 e. The van der Waals surface area contributed by atoms with E-state index in [-0.39, 0.29) is 12.0 Å². The molecule has 1 aromatic carbocycles. The normalized spacial score (nSPS) is 19.5. The highest BCUT2D eigenvalue weighted by molar-refractivity contribution is 5.79. The van der Waals surface area contributed by atoms with Gasteiger partial charge in [0.15, 0.2) is 11.5 Å². The second kappa shape index (κ2) is 7.19. The molecule has 1 aromatic rings. The number of fused-ring (bicyclic) bond motifs is 1. The maximum absolute atomic E-state index is 12.5. The van der Waals surface area contributed by atoms with E-state index in [2.05, 4.69) is 4.90 Å². The molecular weight excluding hydrogens is 296 g/mol. The standard InChI is InChI=1S/C17H24N2O4/c1-13(20)12-18-4-6-19(7-5-18)17(21)11-14-2-3-15-16(10-14)23-9-8-22-15/h2-3,10,13,20H,4-9,11-12H2,1H3. The van der Waals surface area contributed by atoms with Gasteiger partial charge in [-0.3, -0.25) is 9.69 Å². The molecule has 0 bridgehead atoms. The van der Waals surface area contributed by atoms with Crippen LogP contribution in [0.1, 0.15) is 12.5 Å². The Morgan fingerprint density at radius 3 is 2.57 bits per heavy atom. The number of rotatable bonds is 4. The number of hydrogen-bond donors (Lipinski definition) is 1. The van der Waals surface area contributed by atoms with Crippen molar-refractivity contribution < 1.29 is 19.4 Å². The summed E-state index contributed by atoms with van der Waals surface area (Å²) in [5, 5.41) is 9.43. The third kappa shape index (κ3) is 4.14. The maximum Gasteiger partial charge on any atom is 0.227 e. The third-order valence-electron chi connectivity index (χ3n) is 4.21. The molecule has 0 aliphatic carbocycles. The minimum absolute atomic E-state index is 0.137. The number of aliphatic hydroxyl groups is 1. The van der Waals surface area contributed by atoms with Gasteiger partial charge in [-0.1, -0.05) is 6.07 Å². The van der Waals surface area contributed by atoms with Crippen molar-refractivity contribution in [3.8, 4) is 11.5 Å². The van der Waals surface area contributed by atoms with E-state index in [1.807, 2.05) is 23.1 Å². The first-order chi connectivity index (χ1) is 11.1. The zero-order valence-corrected chi connectivity index (χ0v) is 13.5. The molecule has 6 nitrogen and oxygen atoms in total. The molecule has 0 spiro atoms. The number of piperazine rings is 1. The summed E-state index contributed by atoms with van der Waals surface area (Å²) in [5.41, 5.74) is 0.950. The fourth-order valence-electron chi connectivity index (χ4n) is 3.04. The topological polar surface area (TPSA) is 62.2 Å². The van der Waals surface area contributed by atoms with Gasteiger partial charge in [-0.25, -0.2) is 0 Å². The summed E-state index contributed by atoms with van der Waals surface area (Å²) in [4.78, 5) is 16.5. The number of carbonyl (C=O) groups is 1. The number of hydrogen-bond acceptors (Lipinski definition) is 5. The number of ether oxygens (including phenoxy) is 2.